The van der Waals surface area contributed by atoms with Gasteiger partial charge < -0.3 is 0 Å². The third-order valence-electron chi connectivity index (χ3n) is 5.19. The number of carbonyl (C=O) groups excluding carboxylic acids is 1. The average Bonchev–Trinajstić information content (AvgIpc) is 3.20. The van der Waals surface area contributed by atoms with Crippen molar-refractivity contribution in [2.75, 3.05) is 0 Å². The van der Waals surface area contributed by atoms with E-state index in [0.29, 0.717) is 6.42 Å². The maximum Gasteiger partial charge on any atom is 0.162 e. The summed E-state index contributed by atoms with van der Waals surface area (Å²) in [5.74, 6) is 0.170. The van der Waals surface area contributed by atoms with Crippen LogP contribution in [0.5, 0.6) is 0 Å². The van der Waals surface area contributed by atoms with Crippen LogP contribution in [0.1, 0.15) is 40.7 Å². The molecule has 0 spiro atoms. The fourth-order valence-corrected chi connectivity index (χ4v) is 3.79. The number of hydrogen-bond donors (Lipinski definition) is 0. The van der Waals surface area contributed by atoms with E-state index >= 15 is 0 Å². The molecule has 1 aliphatic heterocycles. The molecule has 1 unspecified atom stereocenters. The molecule has 3 aromatic carbocycles. The van der Waals surface area contributed by atoms with Gasteiger partial charge in [0.25, 0.3) is 0 Å². The summed E-state index contributed by atoms with van der Waals surface area (Å²) in [5, 5.41) is 0. The lowest BCUT2D eigenvalue weighted by Crippen LogP contribution is -2.32. The van der Waals surface area contributed by atoms with Crippen LogP contribution in [0.2, 0.25) is 0 Å². The molecule has 3 aromatic rings. The fourth-order valence-electron chi connectivity index (χ4n) is 3.79. The SMILES string of the molecule is O=C(CCCC1(c2ccccc2)N=CN=C1c1ccccc1)c1ccccc1. The molecule has 138 valence electrons. The molecule has 0 amide bonds. The van der Waals surface area contributed by atoms with Gasteiger partial charge in [0.15, 0.2) is 5.78 Å². The van der Waals surface area contributed by atoms with Crippen LogP contribution < -0.4 is 0 Å². The Kier molecular flexibility index (Phi) is 5.24. The molecule has 1 heterocycles. The zero-order valence-corrected chi connectivity index (χ0v) is 15.7. The lowest BCUT2D eigenvalue weighted by Gasteiger charge is -2.29. The maximum atomic E-state index is 12.5. The normalized spacial score (nSPS) is 18.1. The second kappa shape index (κ2) is 8.13. The Labute approximate surface area is 165 Å². The first-order chi connectivity index (χ1) is 13.8. The van der Waals surface area contributed by atoms with Gasteiger partial charge in [0, 0.05) is 12.0 Å². The van der Waals surface area contributed by atoms with Crippen molar-refractivity contribution in [2.24, 2.45) is 9.98 Å². The molecule has 3 heteroatoms. The Bertz CT molecular complexity index is 994. The van der Waals surface area contributed by atoms with Gasteiger partial charge in [-0.15, -0.1) is 0 Å². The van der Waals surface area contributed by atoms with Crippen molar-refractivity contribution in [3.05, 3.63) is 108 Å². The van der Waals surface area contributed by atoms with Crippen LogP contribution in [0, 0.1) is 0 Å². The van der Waals surface area contributed by atoms with Crippen LogP contribution >= 0.6 is 0 Å². The summed E-state index contributed by atoms with van der Waals surface area (Å²) in [6, 6.07) is 29.9. The number of aliphatic imine (C=N–C) groups is 2. The minimum absolute atomic E-state index is 0.170. The highest BCUT2D eigenvalue weighted by Gasteiger charge is 2.39. The Balaban J connectivity index is 1.59. The number of nitrogens with zero attached hydrogens (tertiary/aromatic N) is 2. The van der Waals surface area contributed by atoms with Crippen LogP contribution in [-0.2, 0) is 5.54 Å². The molecule has 4 rings (SSSR count). The Hall–Kier alpha value is -3.33. The third kappa shape index (κ3) is 3.56. The van der Waals surface area contributed by atoms with Crippen LogP contribution in [0.4, 0.5) is 0 Å². The van der Waals surface area contributed by atoms with E-state index in [4.69, 9.17) is 4.99 Å². The predicted octanol–water partition coefficient (Wildman–Crippen LogP) is 5.47. The molecular weight excluding hydrogens is 344 g/mol. The lowest BCUT2D eigenvalue weighted by atomic mass is 9.78. The van der Waals surface area contributed by atoms with Gasteiger partial charge in [0.1, 0.15) is 11.9 Å². The zero-order chi connectivity index (χ0) is 19.2. The van der Waals surface area contributed by atoms with Crippen LogP contribution in [0.15, 0.2) is 101 Å². The highest BCUT2D eigenvalue weighted by Crippen LogP contribution is 2.38. The van der Waals surface area contributed by atoms with E-state index in [1.165, 1.54) is 0 Å². The molecule has 0 fully saturated rings. The minimum atomic E-state index is -0.542. The lowest BCUT2D eigenvalue weighted by molar-refractivity contribution is 0.0978. The van der Waals surface area contributed by atoms with Gasteiger partial charge in [0.05, 0.1) is 5.71 Å². The minimum Gasteiger partial charge on any atom is -0.294 e. The van der Waals surface area contributed by atoms with E-state index in [-0.39, 0.29) is 5.78 Å². The molecule has 3 nitrogen and oxygen atoms in total. The topological polar surface area (TPSA) is 41.8 Å². The van der Waals surface area contributed by atoms with Gasteiger partial charge in [-0.05, 0) is 24.0 Å². The monoisotopic (exact) mass is 366 g/mol. The summed E-state index contributed by atoms with van der Waals surface area (Å²) < 4.78 is 0. The summed E-state index contributed by atoms with van der Waals surface area (Å²) in [4.78, 5) is 22.0. The molecule has 28 heavy (non-hydrogen) atoms. The number of Topliss-reactive ketones (excluding diaryl/α,β-unsaturated/α-hetero) is 1. The molecule has 0 aliphatic carbocycles. The predicted molar refractivity (Wildman–Crippen MR) is 114 cm³/mol. The van der Waals surface area contributed by atoms with Gasteiger partial charge in [-0.1, -0.05) is 91.0 Å². The quantitative estimate of drug-likeness (QED) is 0.512. The van der Waals surface area contributed by atoms with Crippen molar-refractivity contribution >= 4 is 17.8 Å². The summed E-state index contributed by atoms with van der Waals surface area (Å²) in [7, 11) is 0. The Morgan fingerprint density at radius 2 is 1.39 bits per heavy atom. The van der Waals surface area contributed by atoms with E-state index in [1.807, 2.05) is 66.7 Å². The first-order valence-corrected chi connectivity index (χ1v) is 9.61. The maximum absolute atomic E-state index is 12.5. The summed E-state index contributed by atoms with van der Waals surface area (Å²) >= 11 is 0. The smallest absolute Gasteiger partial charge is 0.162 e. The summed E-state index contributed by atoms with van der Waals surface area (Å²) in [6.45, 7) is 0. The van der Waals surface area contributed by atoms with Gasteiger partial charge in [-0.2, -0.15) is 0 Å². The van der Waals surface area contributed by atoms with Crippen molar-refractivity contribution in [1.29, 1.82) is 0 Å². The first kappa shape index (κ1) is 18.1. The number of carbonyl (C=O) groups is 1. The van der Waals surface area contributed by atoms with Gasteiger partial charge in [-0.3, -0.25) is 9.79 Å². The largest absolute Gasteiger partial charge is 0.294 e. The number of benzene rings is 3. The van der Waals surface area contributed by atoms with Crippen molar-refractivity contribution in [3.8, 4) is 0 Å². The highest BCUT2D eigenvalue weighted by atomic mass is 16.1. The van der Waals surface area contributed by atoms with Gasteiger partial charge in [-0.25, -0.2) is 4.99 Å². The molecular formula is C25H22N2O. The summed E-state index contributed by atoms with van der Waals surface area (Å²) in [5.41, 5.74) is 3.35. The standard InChI is InChI=1S/C25H22N2O/c28-23(20-11-4-1-5-12-20)17-10-18-25(22-15-8-3-9-16-22)24(26-19-27-25)21-13-6-2-7-14-21/h1-9,11-16,19H,10,17-18H2. The second-order valence-corrected chi connectivity index (χ2v) is 6.96. The van der Waals surface area contributed by atoms with Crippen molar-refractivity contribution in [2.45, 2.75) is 24.8 Å². The molecule has 0 radical (unpaired) electrons. The van der Waals surface area contributed by atoms with Crippen molar-refractivity contribution in [1.82, 2.24) is 0 Å². The fraction of sp³-hybridized carbons (Fsp3) is 0.160. The number of rotatable bonds is 7. The second-order valence-electron chi connectivity index (χ2n) is 6.96. The molecule has 0 N–H and O–H groups in total. The summed E-state index contributed by atoms with van der Waals surface area (Å²) in [6.07, 6.45) is 3.64. The molecule has 0 saturated heterocycles. The van der Waals surface area contributed by atoms with Crippen LogP contribution in [0.3, 0.4) is 0 Å². The zero-order valence-electron chi connectivity index (χ0n) is 15.7. The Morgan fingerprint density at radius 3 is 2.07 bits per heavy atom. The van der Waals surface area contributed by atoms with E-state index in [0.717, 1.165) is 35.2 Å². The van der Waals surface area contributed by atoms with Crippen LogP contribution in [0.25, 0.3) is 0 Å². The number of hydrogen-bond acceptors (Lipinski definition) is 3. The van der Waals surface area contributed by atoms with E-state index in [1.54, 1.807) is 6.34 Å². The number of ketones is 1. The van der Waals surface area contributed by atoms with Gasteiger partial charge >= 0.3 is 0 Å². The third-order valence-corrected chi connectivity index (χ3v) is 5.19. The average molecular weight is 366 g/mol. The van der Waals surface area contributed by atoms with E-state index in [2.05, 4.69) is 29.3 Å². The molecule has 0 saturated carbocycles. The Morgan fingerprint density at radius 1 is 0.786 bits per heavy atom. The molecule has 0 bridgehead atoms. The first-order valence-electron chi connectivity index (χ1n) is 9.61. The van der Waals surface area contributed by atoms with E-state index in [9.17, 15) is 4.79 Å². The van der Waals surface area contributed by atoms with Gasteiger partial charge in [0.2, 0.25) is 0 Å². The molecule has 1 atom stereocenters. The van der Waals surface area contributed by atoms with Crippen molar-refractivity contribution in [3.63, 3.8) is 0 Å². The molecule has 0 aromatic heterocycles. The van der Waals surface area contributed by atoms with E-state index < -0.39 is 5.54 Å². The van der Waals surface area contributed by atoms with Crippen LogP contribution in [-0.4, -0.2) is 17.8 Å². The molecule has 1 aliphatic rings. The highest BCUT2D eigenvalue weighted by molar-refractivity contribution is 6.13. The van der Waals surface area contributed by atoms with Crippen molar-refractivity contribution < 1.29 is 4.79 Å².